The van der Waals surface area contributed by atoms with Crippen molar-refractivity contribution in [3.8, 4) is 5.75 Å². The first-order valence-electron chi connectivity index (χ1n) is 6.86. The molecule has 0 fully saturated rings. The van der Waals surface area contributed by atoms with Gasteiger partial charge in [0.05, 0.1) is 11.1 Å². The molecule has 1 atom stereocenters. The minimum atomic E-state index is -0.534. The molecule has 0 radical (unpaired) electrons. The highest BCUT2D eigenvalue weighted by Crippen LogP contribution is 2.49. The molecule has 0 aliphatic carbocycles. The number of carbonyl (C=O) groups excluding carboxylic acids is 1. The Morgan fingerprint density at radius 1 is 1.50 bits per heavy atom. The molecule has 0 saturated carbocycles. The molecule has 1 aromatic rings. The molecule has 0 bridgehead atoms. The minimum absolute atomic E-state index is 0. The van der Waals surface area contributed by atoms with E-state index in [1.165, 1.54) is 11.1 Å². The molecule has 3 rings (SSSR count). The molecule has 110 valence electrons. The predicted molar refractivity (Wildman–Crippen MR) is 81.9 cm³/mol. The summed E-state index contributed by atoms with van der Waals surface area (Å²) in [5.41, 5.74) is 9.53. The highest BCUT2D eigenvalue weighted by Gasteiger charge is 2.44. The van der Waals surface area contributed by atoms with Crippen LogP contribution in [0.3, 0.4) is 0 Å². The number of hydrogen-bond donors (Lipinski definition) is 2. The van der Waals surface area contributed by atoms with Crippen molar-refractivity contribution < 1.29 is 9.53 Å². The molecular formula is C15H21ClN2O2. The summed E-state index contributed by atoms with van der Waals surface area (Å²) in [4.78, 5) is 12.2. The number of ether oxygens (including phenoxy) is 1. The number of hydrogen-bond acceptors (Lipinski definition) is 3. The van der Waals surface area contributed by atoms with E-state index < -0.39 is 5.41 Å². The van der Waals surface area contributed by atoms with Crippen LogP contribution in [0.5, 0.6) is 5.75 Å². The van der Waals surface area contributed by atoms with Gasteiger partial charge in [0, 0.05) is 18.5 Å². The number of aryl methyl sites for hydroxylation is 1. The van der Waals surface area contributed by atoms with Crippen LogP contribution in [-0.2, 0) is 23.1 Å². The smallest absolute Gasteiger partial charge is 0.234 e. The monoisotopic (exact) mass is 296 g/mol. The third kappa shape index (κ3) is 1.90. The molecule has 0 aromatic heterocycles. The van der Waals surface area contributed by atoms with Gasteiger partial charge in [0.1, 0.15) is 11.9 Å². The zero-order valence-electron chi connectivity index (χ0n) is 12.1. The molecule has 4 nitrogen and oxygen atoms in total. The summed E-state index contributed by atoms with van der Waals surface area (Å²) in [6, 6.07) is 2.16. The van der Waals surface area contributed by atoms with E-state index in [-0.39, 0.29) is 24.4 Å². The Balaban J connectivity index is 0.00000147. The number of fused-ring (bicyclic) bond motifs is 3. The van der Waals surface area contributed by atoms with E-state index in [2.05, 4.69) is 18.3 Å². The predicted octanol–water partition coefficient (Wildman–Crippen LogP) is 2.16. The lowest BCUT2D eigenvalue weighted by molar-refractivity contribution is -0.119. The lowest BCUT2D eigenvalue weighted by atomic mass is 9.83. The second-order valence-electron chi connectivity index (χ2n) is 5.89. The molecule has 0 saturated heterocycles. The van der Waals surface area contributed by atoms with Crippen LogP contribution in [0.25, 0.3) is 0 Å². The van der Waals surface area contributed by atoms with Gasteiger partial charge >= 0.3 is 0 Å². The van der Waals surface area contributed by atoms with Crippen LogP contribution in [0.4, 0.5) is 5.69 Å². The van der Waals surface area contributed by atoms with Crippen LogP contribution in [0.2, 0.25) is 0 Å². The second-order valence-corrected chi connectivity index (χ2v) is 5.89. The van der Waals surface area contributed by atoms with Gasteiger partial charge in [-0.25, -0.2) is 0 Å². The molecular weight excluding hydrogens is 276 g/mol. The van der Waals surface area contributed by atoms with Crippen molar-refractivity contribution in [2.45, 2.75) is 45.1 Å². The third-order valence-electron chi connectivity index (χ3n) is 4.25. The number of anilines is 1. The maximum absolute atomic E-state index is 12.2. The maximum atomic E-state index is 12.2. The number of halogens is 1. The first-order chi connectivity index (χ1) is 8.98. The largest absolute Gasteiger partial charge is 0.488 e. The van der Waals surface area contributed by atoms with Crippen LogP contribution in [-0.4, -0.2) is 18.6 Å². The Morgan fingerprint density at radius 2 is 2.20 bits per heavy atom. The molecule has 2 aliphatic rings. The van der Waals surface area contributed by atoms with E-state index in [1.807, 2.05) is 13.8 Å². The number of amides is 1. The molecule has 20 heavy (non-hydrogen) atoms. The number of nitrogens with one attached hydrogen (secondary N) is 1. The Morgan fingerprint density at radius 3 is 2.80 bits per heavy atom. The molecule has 2 heterocycles. The zero-order valence-corrected chi connectivity index (χ0v) is 12.9. The summed E-state index contributed by atoms with van der Waals surface area (Å²) in [5.74, 6) is 0.927. The van der Waals surface area contributed by atoms with Crippen molar-refractivity contribution in [2.24, 2.45) is 5.73 Å². The standard InChI is InChI=1S/C15H20N2O2.ClH/c1-4-8-5-9-6-10(7-16)19-13(9)11-12(8)17-14(18)15(11,2)3;/h5,10H,4,6-7,16H2,1-3H3,(H,17,18);1H. The van der Waals surface area contributed by atoms with Gasteiger partial charge in [-0.3, -0.25) is 4.79 Å². The Labute approximate surface area is 125 Å². The van der Waals surface area contributed by atoms with E-state index in [4.69, 9.17) is 10.5 Å². The summed E-state index contributed by atoms with van der Waals surface area (Å²) >= 11 is 0. The van der Waals surface area contributed by atoms with Crippen LogP contribution in [0, 0.1) is 0 Å². The molecule has 3 N–H and O–H groups in total. The average Bonchev–Trinajstić information content (AvgIpc) is 2.88. The summed E-state index contributed by atoms with van der Waals surface area (Å²) in [5, 5.41) is 3.02. The zero-order chi connectivity index (χ0) is 13.8. The fourth-order valence-electron chi connectivity index (χ4n) is 3.06. The van der Waals surface area contributed by atoms with Gasteiger partial charge in [0.25, 0.3) is 0 Å². The summed E-state index contributed by atoms with van der Waals surface area (Å²) in [6.07, 6.45) is 1.79. The quantitative estimate of drug-likeness (QED) is 0.879. The van der Waals surface area contributed by atoms with Crippen molar-refractivity contribution in [1.82, 2.24) is 0 Å². The normalized spacial score (nSPS) is 21.6. The van der Waals surface area contributed by atoms with E-state index in [0.29, 0.717) is 6.54 Å². The fourth-order valence-corrected chi connectivity index (χ4v) is 3.06. The second kappa shape index (κ2) is 4.93. The van der Waals surface area contributed by atoms with Gasteiger partial charge in [-0.05, 0) is 37.5 Å². The SMILES string of the molecule is CCc1cc2c(c3c1NC(=O)C3(C)C)OC(CN)C2.Cl. The van der Waals surface area contributed by atoms with E-state index in [1.54, 1.807) is 0 Å². The molecule has 1 unspecified atom stereocenters. The van der Waals surface area contributed by atoms with Gasteiger partial charge in [-0.1, -0.05) is 6.92 Å². The molecule has 1 amide bonds. The van der Waals surface area contributed by atoms with E-state index in [9.17, 15) is 4.79 Å². The molecule has 2 aliphatic heterocycles. The first-order valence-corrected chi connectivity index (χ1v) is 6.86. The number of rotatable bonds is 2. The van der Waals surface area contributed by atoms with Crippen molar-refractivity contribution in [1.29, 1.82) is 0 Å². The van der Waals surface area contributed by atoms with Crippen LogP contribution in [0.1, 0.15) is 37.5 Å². The third-order valence-corrected chi connectivity index (χ3v) is 4.25. The number of carbonyl (C=O) groups is 1. The Hall–Kier alpha value is -1.26. The van der Waals surface area contributed by atoms with Crippen molar-refractivity contribution in [3.63, 3.8) is 0 Å². The Kier molecular flexibility index (Phi) is 3.73. The van der Waals surface area contributed by atoms with Gasteiger partial charge < -0.3 is 15.8 Å². The minimum Gasteiger partial charge on any atom is -0.488 e. The fraction of sp³-hybridized carbons (Fsp3) is 0.533. The highest BCUT2D eigenvalue weighted by molar-refractivity contribution is 6.07. The van der Waals surface area contributed by atoms with Crippen molar-refractivity contribution >= 4 is 24.0 Å². The summed E-state index contributed by atoms with van der Waals surface area (Å²) in [7, 11) is 0. The van der Waals surface area contributed by atoms with E-state index >= 15 is 0 Å². The molecule has 1 aromatic carbocycles. The van der Waals surface area contributed by atoms with Crippen LogP contribution < -0.4 is 15.8 Å². The van der Waals surface area contributed by atoms with Gasteiger partial charge in [-0.15, -0.1) is 12.4 Å². The van der Waals surface area contributed by atoms with Gasteiger partial charge in [0.15, 0.2) is 0 Å². The lowest BCUT2D eigenvalue weighted by Crippen LogP contribution is -2.28. The average molecular weight is 297 g/mol. The van der Waals surface area contributed by atoms with Gasteiger partial charge in [-0.2, -0.15) is 0 Å². The van der Waals surface area contributed by atoms with E-state index in [0.717, 1.165) is 29.8 Å². The summed E-state index contributed by atoms with van der Waals surface area (Å²) in [6.45, 7) is 6.52. The van der Waals surface area contributed by atoms with Crippen molar-refractivity contribution in [2.75, 3.05) is 11.9 Å². The van der Waals surface area contributed by atoms with Crippen LogP contribution in [0.15, 0.2) is 6.07 Å². The van der Waals surface area contributed by atoms with Crippen molar-refractivity contribution in [3.05, 3.63) is 22.8 Å². The summed E-state index contributed by atoms with van der Waals surface area (Å²) < 4.78 is 5.97. The molecule has 0 spiro atoms. The molecule has 5 heteroatoms. The Bertz CT molecular complexity index is 569. The maximum Gasteiger partial charge on any atom is 0.234 e. The van der Waals surface area contributed by atoms with Crippen LogP contribution >= 0.6 is 12.4 Å². The topological polar surface area (TPSA) is 64.3 Å². The number of nitrogens with two attached hydrogens (primary N) is 1. The first kappa shape index (κ1) is 15.1. The highest BCUT2D eigenvalue weighted by atomic mass is 35.5. The lowest BCUT2D eigenvalue weighted by Gasteiger charge is -2.19. The van der Waals surface area contributed by atoms with Gasteiger partial charge in [0.2, 0.25) is 5.91 Å². The number of benzene rings is 1.